The lowest BCUT2D eigenvalue weighted by Crippen LogP contribution is -2.44. The lowest BCUT2D eigenvalue weighted by molar-refractivity contribution is -0.149. The summed E-state index contributed by atoms with van der Waals surface area (Å²) in [6, 6.07) is 10.1. The molecule has 2 aromatic carbocycles. The Morgan fingerprint density at radius 2 is 1.86 bits per heavy atom. The Morgan fingerprint density at radius 3 is 2.50 bits per heavy atom. The van der Waals surface area contributed by atoms with Crippen LogP contribution < -0.4 is 10.1 Å². The summed E-state index contributed by atoms with van der Waals surface area (Å²) in [6.07, 6.45) is 3.79. The van der Waals surface area contributed by atoms with Crippen LogP contribution >= 0.6 is 0 Å². The third-order valence-corrected chi connectivity index (χ3v) is 6.30. The van der Waals surface area contributed by atoms with Crippen molar-refractivity contribution in [3.8, 4) is 5.75 Å². The zero-order valence-electron chi connectivity index (χ0n) is 20.6. The first-order valence-electron chi connectivity index (χ1n) is 12.4. The highest BCUT2D eigenvalue weighted by Crippen LogP contribution is 2.25. The maximum absolute atomic E-state index is 13.9. The molecule has 0 aliphatic heterocycles. The number of amides is 2. The van der Waals surface area contributed by atoms with Gasteiger partial charge >= 0.3 is 12.0 Å². The van der Waals surface area contributed by atoms with E-state index in [4.69, 9.17) is 9.47 Å². The Labute approximate surface area is 210 Å². The standard InChI is InChI=1S/C27H34F2N2O5/c1-2-35-25(26(32)33)15-19-7-11-23(12-8-19)36-14-13-31(18-20-5-3-4-6-20)27(34)30-17-21-9-10-22(28)16-24(21)29/h7-12,16,20,25H,2-6,13-15,17-18H2,1H3,(H,30,34)(H,32,33). The zero-order chi connectivity index (χ0) is 25.9. The third kappa shape index (κ3) is 8.48. The van der Waals surface area contributed by atoms with Crippen molar-refractivity contribution in [3.63, 3.8) is 0 Å². The minimum absolute atomic E-state index is 0.0342. The molecule has 196 valence electrons. The van der Waals surface area contributed by atoms with E-state index in [1.165, 1.54) is 12.1 Å². The number of benzene rings is 2. The van der Waals surface area contributed by atoms with Crippen molar-refractivity contribution in [1.29, 1.82) is 0 Å². The maximum Gasteiger partial charge on any atom is 0.333 e. The van der Waals surface area contributed by atoms with Crippen molar-refractivity contribution < 1.29 is 33.0 Å². The second-order valence-corrected chi connectivity index (χ2v) is 8.97. The van der Waals surface area contributed by atoms with E-state index in [2.05, 4.69) is 5.32 Å². The van der Waals surface area contributed by atoms with Gasteiger partial charge in [-0.15, -0.1) is 0 Å². The van der Waals surface area contributed by atoms with Crippen molar-refractivity contribution in [2.24, 2.45) is 5.92 Å². The molecule has 2 aromatic rings. The number of nitrogens with zero attached hydrogens (tertiary/aromatic N) is 1. The fourth-order valence-corrected chi connectivity index (χ4v) is 4.36. The second-order valence-electron chi connectivity index (χ2n) is 8.97. The molecule has 0 radical (unpaired) electrons. The van der Waals surface area contributed by atoms with Crippen molar-refractivity contribution in [3.05, 3.63) is 65.2 Å². The van der Waals surface area contributed by atoms with Gasteiger partial charge < -0.3 is 24.8 Å². The molecule has 1 unspecified atom stereocenters. The number of urea groups is 1. The first-order chi connectivity index (χ1) is 17.4. The van der Waals surface area contributed by atoms with Crippen molar-refractivity contribution in [2.45, 2.75) is 51.7 Å². The summed E-state index contributed by atoms with van der Waals surface area (Å²) in [5.74, 6) is -1.33. The van der Waals surface area contributed by atoms with Crippen LogP contribution in [0.5, 0.6) is 5.75 Å². The number of carboxylic acid groups (broad SMARTS) is 1. The molecule has 0 aromatic heterocycles. The van der Waals surface area contributed by atoms with E-state index >= 15 is 0 Å². The van der Waals surface area contributed by atoms with E-state index < -0.39 is 23.7 Å². The molecule has 1 fully saturated rings. The van der Waals surface area contributed by atoms with Gasteiger partial charge in [0.15, 0.2) is 6.10 Å². The predicted octanol–water partition coefficient (Wildman–Crippen LogP) is 4.78. The van der Waals surface area contributed by atoms with E-state index in [0.717, 1.165) is 37.3 Å². The van der Waals surface area contributed by atoms with Gasteiger partial charge in [-0.3, -0.25) is 0 Å². The number of carboxylic acids is 1. The quantitative estimate of drug-likeness (QED) is 0.410. The summed E-state index contributed by atoms with van der Waals surface area (Å²) in [6.45, 7) is 3.25. The molecule has 1 aliphatic carbocycles. The molecule has 0 heterocycles. The van der Waals surface area contributed by atoms with Crippen LogP contribution in [-0.2, 0) is 22.5 Å². The minimum atomic E-state index is -1.00. The summed E-state index contributed by atoms with van der Waals surface area (Å²) < 4.78 is 38.2. The minimum Gasteiger partial charge on any atom is -0.492 e. The molecule has 36 heavy (non-hydrogen) atoms. The Hall–Kier alpha value is -3.20. The largest absolute Gasteiger partial charge is 0.492 e. The normalized spacial score (nSPS) is 14.4. The predicted molar refractivity (Wildman–Crippen MR) is 131 cm³/mol. The third-order valence-electron chi connectivity index (χ3n) is 6.30. The fourth-order valence-electron chi connectivity index (χ4n) is 4.36. The Balaban J connectivity index is 1.53. The number of ether oxygens (including phenoxy) is 2. The molecule has 2 N–H and O–H groups in total. The van der Waals surface area contributed by atoms with Gasteiger partial charge in [-0.2, -0.15) is 0 Å². The summed E-state index contributed by atoms with van der Waals surface area (Å²) in [4.78, 5) is 25.9. The van der Waals surface area contributed by atoms with E-state index in [0.29, 0.717) is 31.4 Å². The first-order valence-corrected chi connectivity index (χ1v) is 12.4. The van der Waals surface area contributed by atoms with Gasteiger partial charge in [-0.1, -0.05) is 31.0 Å². The molecule has 3 rings (SSSR count). The van der Waals surface area contributed by atoms with Crippen LogP contribution in [0.1, 0.15) is 43.7 Å². The average Bonchev–Trinajstić information content (AvgIpc) is 3.36. The number of hydrogen-bond donors (Lipinski definition) is 2. The summed E-state index contributed by atoms with van der Waals surface area (Å²) in [5, 5.41) is 12.0. The van der Waals surface area contributed by atoms with Gasteiger partial charge in [0.25, 0.3) is 0 Å². The van der Waals surface area contributed by atoms with Crippen molar-refractivity contribution in [2.75, 3.05) is 26.3 Å². The average molecular weight is 505 g/mol. The molecule has 9 heteroatoms. The molecule has 0 bridgehead atoms. The number of aliphatic carboxylic acids is 1. The molecule has 1 saturated carbocycles. The van der Waals surface area contributed by atoms with Gasteiger partial charge in [0.2, 0.25) is 0 Å². The van der Waals surface area contributed by atoms with E-state index in [-0.39, 0.29) is 31.2 Å². The molecular formula is C27H34F2N2O5. The van der Waals surface area contributed by atoms with Crippen molar-refractivity contribution in [1.82, 2.24) is 10.2 Å². The maximum atomic E-state index is 13.9. The highest BCUT2D eigenvalue weighted by Gasteiger charge is 2.22. The van der Waals surface area contributed by atoms with E-state index in [9.17, 15) is 23.5 Å². The molecule has 1 atom stereocenters. The number of carbonyl (C=O) groups excluding carboxylic acids is 1. The van der Waals surface area contributed by atoms with Gasteiger partial charge in [0.1, 0.15) is 24.0 Å². The van der Waals surface area contributed by atoms with Gasteiger partial charge in [-0.05, 0) is 49.4 Å². The van der Waals surface area contributed by atoms with Crippen LogP contribution in [-0.4, -0.2) is 54.4 Å². The smallest absolute Gasteiger partial charge is 0.333 e. The topological polar surface area (TPSA) is 88.1 Å². The summed E-state index contributed by atoms with van der Waals surface area (Å²) >= 11 is 0. The van der Waals surface area contributed by atoms with Crippen LogP contribution in [0.3, 0.4) is 0 Å². The SMILES string of the molecule is CCOC(Cc1ccc(OCCN(CC2CCCC2)C(=O)NCc2ccc(F)cc2F)cc1)C(=O)O. The van der Waals surface area contributed by atoms with Gasteiger partial charge in [0.05, 0.1) is 6.54 Å². The highest BCUT2D eigenvalue weighted by atomic mass is 19.1. The number of rotatable bonds is 13. The second kappa shape index (κ2) is 13.8. The number of nitrogens with one attached hydrogen (secondary N) is 1. The molecule has 0 spiro atoms. The molecular weight excluding hydrogens is 470 g/mol. The van der Waals surface area contributed by atoms with Gasteiger partial charge in [0, 0.05) is 37.7 Å². The van der Waals surface area contributed by atoms with Crippen LogP contribution in [0.25, 0.3) is 0 Å². The molecule has 7 nitrogen and oxygen atoms in total. The fraction of sp³-hybridized carbons (Fsp3) is 0.481. The van der Waals surface area contributed by atoms with Crippen LogP contribution in [0, 0.1) is 17.6 Å². The first kappa shape index (κ1) is 27.4. The Kier molecular flexibility index (Phi) is 10.5. The zero-order valence-corrected chi connectivity index (χ0v) is 20.6. The Bertz CT molecular complexity index is 996. The van der Waals surface area contributed by atoms with Crippen molar-refractivity contribution >= 4 is 12.0 Å². The highest BCUT2D eigenvalue weighted by molar-refractivity contribution is 5.74. The Morgan fingerprint density at radius 1 is 1.14 bits per heavy atom. The number of hydrogen-bond acceptors (Lipinski definition) is 4. The van der Waals surface area contributed by atoms with Gasteiger partial charge in [-0.25, -0.2) is 18.4 Å². The van der Waals surface area contributed by atoms with Crippen LogP contribution in [0.4, 0.5) is 13.6 Å². The van der Waals surface area contributed by atoms with Crippen LogP contribution in [0.15, 0.2) is 42.5 Å². The lowest BCUT2D eigenvalue weighted by Gasteiger charge is -2.26. The van der Waals surface area contributed by atoms with E-state index in [1.54, 1.807) is 36.1 Å². The summed E-state index contributed by atoms with van der Waals surface area (Å²) in [7, 11) is 0. The molecule has 0 saturated heterocycles. The molecule has 1 aliphatic rings. The number of halogens is 2. The molecule has 2 amide bonds. The lowest BCUT2D eigenvalue weighted by atomic mass is 10.1. The summed E-state index contributed by atoms with van der Waals surface area (Å²) in [5.41, 5.74) is 1.04. The number of carbonyl (C=O) groups is 2. The van der Waals surface area contributed by atoms with E-state index in [1.807, 2.05) is 0 Å². The monoisotopic (exact) mass is 504 g/mol. The van der Waals surface area contributed by atoms with Crippen LogP contribution in [0.2, 0.25) is 0 Å².